The molecule has 2 rings (SSSR count). The summed E-state index contributed by atoms with van der Waals surface area (Å²) in [5.41, 5.74) is 7.90. The molecule has 0 unspecified atom stereocenters. The Kier molecular flexibility index (Phi) is 6.46. The molecular weight excluding hydrogens is 274 g/mol. The molecule has 1 amide bonds. The number of unbranched alkanes of at least 4 members (excludes halogenated alkanes) is 3. The molecule has 0 saturated carbocycles. The van der Waals surface area contributed by atoms with Crippen LogP contribution in [0.5, 0.6) is 0 Å². The number of hydrogen-bond donors (Lipinski definition) is 2. The smallest absolute Gasteiger partial charge is 0.239 e. The van der Waals surface area contributed by atoms with Crippen LogP contribution in [0.3, 0.4) is 0 Å². The first-order valence-corrected chi connectivity index (χ1v) is 8.29. The maximum atomic E-state index is 12.1. The Morgan fingerprint density at radius 3 is 2.73 bits per heavy atom. The van der Waals surface area contributed by atoms with E-state index in [2.05, 4.69) is 35.1 Å². The Morgan fingerprint density at radius 1 is 1.18 bits per heavy atom. The van der Waals surface area contributed by atoms with Gasteiger partial charge in [0.25, 0.3) is 0 Å². The maximum absolute atomic E-state index is 12.1. The van der Waals surface area contributed by atoms with Crippen molar-refractivity contribution in [2.75, 3.05) is 13.1 Å². The number of aryl methyl sites for hydroxylation is 1. The van der Waals surface area contributed by atoms with E-state index in [-0.39, 0.29) is 5.91 Å². The molecule has 1 heterocycles. The van der Waals surface area contributed by atoms with E-state index in [1.165, 1.54) is 10.9 Å². The largest absolute Gasteiger partial charge is 0.355 e. The topological polar surface area (TPSA) is 60.0 Å². The molecule has 0 spiro atoms. The Morgan fingerprint density at radius 2 is 1.95 bits per heavy atom. The number of carbonyl (C=O) groups is 1. The molecule has 2 aromatic rings. The van der Waals surface area contributed by atoms with Gasteiger partial charge in [-0.25, -0.2) is 0 Å². The van der Waals surface area contributed by atoms with Gasteiger partial charge in [-0.2, -0.15) is 0 Å². The van der Waals surface area contributed by atoms with Gasteiger partial charge in [-0.05, 0) is 37.4 Å². The van der Waals surface area contributed by atoms with Crippen molar-refractivity contribution in [3.8, 4) is 0 Å². The molecule has 0 atom stereocenters. The normalized spacial score (nSPS) is 11.0. The highest BCUT2D eigenvalue weighted by Crippen LogP contribution is 2.21. The molecule has 3 N–H and O–H groups in total. The first-order chi connectivity index (χ1) is 10.8. The second-order valence-corrected chi connectivity index (χ2v) is 5.71. The number of fused-ring (bicyclic) bond motifs is 1. The summed E-state index contributed by atoms with van der Waals surface area (Å²) < 4.78 is 2.05. The van der Waals surface area contributed by atoms with Gasteiger partial charge in [0.15, 0.2) is 0 Å². The predicted molar refractivity (Wildman–Crippen MR) is 91.8 cm³/mol. The fraction of sp³-hybridized carbons (Fsp3) is 0.500. The zero-order valence-electron chi connectivity index (χ0n) is 13.5. The average Bonchev–Trinajstić information content (AvgIpc) is 2.89. The van der Waals surface area contributed by atoms with Crippen molar-refractivity contribution in [3.05, 3.63) is 36.0 Å². The highest BCUT2D eigenvalue weighted by molar-refractivity contribution is 5.86. The molecule has 22 heavy (non-hydrogen) atoms. The summed E-state index contributed by atoms with van der Waals surface area (Å²) in [6.07, 6.45) is 7.46. The Labute approximate surface area is 132 Å². The Balaban J connectivity index is 1.87. The van der Waals surface area contributed by atoms with Crippen LogP contribution in [-0.4, -0.2) is 23.6 Å². The minimum absolute atomic E-state index is 0.0854. The van der Waals surface area contributed by atoms with Crippen LogP contribution in [0.4, 0.5) is 0 Å². The van der Waals surface area contributed by atoms with Gasteiger partial charge in [0.1, 0.15) is 6.54 Å². The molecule has 0 bridgehead atoms. The van der Waals surface area contributed by atoms with Crippen molar-refractivity contribution in [2.45, 2.75) is 45.6 Å². The molecular formula is C18H27N3O. The third-order valence-corrected chi connectivity index (χ3v) is 4.02. The van der Waals surface area contributed by atoms with Crippen molar-refractivity contribution in [2.24, 2.45) is 5.73 Å². The molecule has 0 saturated heterocycles. The van der Waals surface area contributed by atoms with Gasteiger partial charge >= 0.3 is 0 Å². The van der Waals surface area contributed by atoms with Crippen LogP contribution in [0.25, 0.3) is 10.9 Å². The molecule has 0 aliphatic carbocycles. The lowest BCUT2D eigenvalue weighted by molar-refractivity contribution is -0.121. The number of aromatic nitrogens is 1. The SMILES string of the molecule is CCc1cn(CC(=O)NCCCCCCN)c2ccccc12. The first-order valence-electron chi connectivity index (χ1n) is 8.29. The standard InChI is InChI=1S/C18H27N3O/c1-2-15-13-21(17-10-6-5-9-16(15)17)14-18(22)20-12-8-4-3-7-11-19/h5-6,9-10,13H,2-4,7-8,11-12,14,19H2,1H3,(H,20,22). The lowest BCUT2D eigenvalue weighted by Crippen LogP contribution is -2.28. The third-order valence-electron chi connectivity index (χ3n) is 4.02. The number of para-hydroxylation sites is 1. The van der Waals surface area contributed by atoms with Crippen molar-refractivity contribution >= 4 is 16.8 Å². The summed E-state index contributed by atoms with van der Waals surface area (Å²) in [5.74, 6) is 0.0854. The van der Waals surface area contributed by atoms with E-state index in [4.69, 9.17) is 5.73 Å². The highest BCUT2D eigenvalue weighted by Gasteiger charge is 2.09. The fourth-order valence-electron chi connectivity index (χ4n) is 2.80. The van der Waals surface area contributed by atoms with Gasteiger partial charge in [-0.15, -0.1) is 0 Å². The molecule has 1 aromatic carbocycles. The molecule has 0 fully saturated rings. The summed E-state index contributed by atoms with van der Waals surface area (Å²) in [5, 5.41) is 4.26. The zero-order valence-corrected chi connectivity index (χ0v) is 13.5. The molecule has 4 nitrogen and oxygen atoms in total. The van der Waals surface area contributed by atoms with E-state index in [1.807, 2.05) is 12.1 Å². The number of nitrogens with zero attached hydrogens (tertiary/aromatic N) is 1. The second-order valence-electron chi connectivity index (χ2n) is 5.71. The first kappa shape index (κ1) is 16.6. The molecule has 0 aliphatic rings. The summed E-state index contributed by atoms with van der Waals surface area (Å²) in [6.45, 7) is 4.05. The van der Waals surface area contributed by atoms with E-state index in [0.29, 0.717) is 6.54 Å². The zero-order chi connectivity index (χ0) is 15.8. The number of amides is 1. The Bertz CT molecular complexity index is 603. The van der Waals surface area contributed by atoms with Gasteiger partial charge in [-0.1, -0.05) is 38.0 Å². The minimum atomic E-state index is 0.0854. The number of nitrogens with one attached hydrogen (secondary N) is 1. The highest BCUT2D eigenvalue weighted by atomic mass is 16.1. The fourth-order valence-corrected chi connectivity index (χ4v) is 2.80. The summed E-state index contributed by atoms with van der Waals surface area (Å²) in [6, 6.07) is 8.27. The summed E-state index contributed by atoms with van der Waals surface area (Å²) in [7, 11) is 0. The third kappa shape index (κ3) is 4.34. The monoisotopic (exact) mass is 301 g/mol. The van der Waals surface area contributed by atoms with Crippen LogP contribution < -0.4 is 11.1 Å². The predicted octanol–water partition coefficient (Wildman–Crippen LogP) is 2.84. The Hall–Kier alpha value is -1.81. The molecule has 1 aromatic heterocycles. The molecule has 4 heteroatoms. The van der Waals surface area contributed by atoms with Crippen molar-refractivity contribution in [3.63, 3.8) is 0 Å². The van der Waals surface area contributed by atoms with Crippen molar-refractivity contribution in [1.82, 2.24) is 9.88 Å². The van der Waals surface area contributed by atoms with Gasteiger partial charge in [0, 0.05) is 23.6 Å². The lowest BCUT2D eigenvalue weighted by Gasteiger charge is -2.07. The second kappa shape index (κ2) is 8.59. The molecule has 0 radical (unpaired) electrons. The average molecular weight is 301 g/mol. The van der Waals surface area contributed by atoms with Gasteiger partial charge in [0.05, 0.1) is 0 Å². The van der Waals surface area contributed by atoms with Crippen LogP contribution in [0.2, 0.25) is 0 Å². The van der Waals surface area contributed by atoms with E-state index in [9.17, 15) is 4.79 Å². The van der Waals surface area contributed by atoms with Crippen LogP contribution in [0.1, 0.15) is 38.2 Å². The molecule has 0 aliphatic heterocycles. The number of carbonyl (C=O) groups excluding carboxylic acids is 1. The van der Waals surface area contributed by atoms with Crippen LogP contribution in [0.15, 0.2) is 30.5 Å². The van der Waals surface area contributed by atoms with E-state index >= 15 is 0 Å². The summed E-state index contributed by atoms with van der Waals surface area (Å²) in [4.78, 5) is 12.1. The quantitative estimate of drug-likeness (QED) is 0.700. The van der Waals surface area contributed by atoms with Gasteiger partial charge < -0.3 is 15.6 Å². The number of hydrogen-bond acceptors (Lipinski definition) is 2. The number of nitrogens with two attached hydrogens (primary N) is 1. The summed E-state index contributed by atoms with van der Waals surface area (Å²) >= 11 is 0. The van der Waals surface area contributed by atoms with Crippen LogP contribution in [0, 0.1) is 0 Å². The van der Waals surface area contributed by atoms with Gasteiger partial charge in [0.2, 0.25) is 5.91 Å². The van der Waals surface area contributed by atoms with Gasteiger partial charge in [-0.3, -0.25) is 4.79 Å². The molecule has 120 valence electrons. The van der Waals surface area contributed by atoms with E-state index in [1.54, 1.807) is 0 Å². The van der Waals surface area contributed by atoms with Crippen LogP contribution >= 0.6 is 0 Å². The number of rotatable bonds is 9. The lowest BCUT2D eigenvalue weighted by atomic mass is 10.1. The van der Waals surface area contributed by atoms with Crippen molar-refractivity contribution in [1.29, 1.82) is 0 Å². The van der Waals surface area contributed by atoms with Crippen LogP contribution in [-0.2, 0) is 17.8 Å². The maximum Gasteiger partial charge on any atom is 0.239 e. The van der Waals surface area contributed by atoms with Crippen molar-refractivity contribution < 1.29 is 4.79 Å². The number of benzene rings is 1. The van der Waals surface area contributed by atoms with E-state index in [0.717, 1.165) is 50.7 Å². The minimum Gasteiger partial charge on any atom is -0.355 e. The van der Waals surface area contributed by atoms with E-state index < -0.39 is 0 Å².